The van der Waals surface area contributed by atoms with Crippen molar-refractivity contribution >= 4 is 6.09 Å². The van der Waals surface area contributed by atoms with Crippen molar-refractivity contribution in [3.05, 3.63) is 53.6 Å². The molecule has 1 aromatic carbocycles. The predicted octanol–water partition coefficient (Wildman–Crippen LogP) is 4.35. The van der Waals surface area contributed by atoms with E-state index in [4.69, 9.17) is 4.74 Å². The number of amides is 1. The molecule has 0 aliphatic heterocycles. The van der Waals surface area contributed by atoms with E-state index in [-0.39, 0.29) is 6.04 Å². The average Bonchev–Trinajstić information content (AvgIpc) is 2.90. The van der Waals surface area contributed by atoms with Gasteiger partial charge in [0.2, 0.25) is 0 Å². The zero-order chi connectivity index (χ0) is 20.2. The Morgan fingerprint density at radius 3 is 2.33 bits per heavy atom. The summed E-state index contributed by atoms with van der Waals surface area (Å²) in [5, 5.41) is 2.80. The van der Waals surface area contributed by atoms with Crippen LogP contribution in [0.2, 0.25) is 0 Å². The lowest BCUT2D eigenvalue weighted by Crippen LogP contribution is -2.42. The van der Waals surface area contributed by atoms with Crippen LogP contribution >= 0.6 is 0 Å². The van der Waals surface area contributed by atoms with Gasteiger partial charge in [-0.15, -0.1) is 0 Å². The van der Waals surface area contributed by atoms with Crippen molar-refractivity contribution in [2.75, 3.05) is 0 Å². The van der Waals surface area contributed by atoms with Gasteiger partial charge < -0.3 is 14.6 Å². The minimum absolute atomic E-state index is 0.356. The number of benzene rings is 1. The molecule has 0 aliphatic carbocycles. The van der Waals surface area contributed by atoms with Crippen LogP contribution in [0.5, 0.6) is 0 Å². The number of aromatic nitrogens is 2. The lowest BCUT2D eigenvalue weighted by Gasteiger charge is -2.24. The van der Waals surface area contributed by atoms with Crippen LogP contribution in [0, 0.1) is 6.92 Å². The van der Waals surface area contributed by atoms with Gasteiger partial charge in [0.25, 0.3) is 0 Å². The first-order valence-electron chi connectivity index (χ1n) is 8.56. The quantitative estimate of drug-likeness (QED) is 0.835. The van der Waals surface area contributed by atoms with Gasteiger partial charge in [0.05, 0.1) is 17.9 Å². The third-order valence-corrected chi connectivity index (χ3v) is 3.82. The molecule has 0 aliphatic rings. The summed E-state index contributed by atoms with van der Waals surface area (Å²) < 4.78 is 45.3. The summed E-state index contributed by atoms with van der Waals surface area (Å²) in [7, 11) is 0. The highest BCUT2D eigenvalue weighted by molar-refractivity contribution is 5.68. The second kappa shape index (κ2) is 8.02. The van der Waals surface area contributed by atoms with E-state index in [1.54, 1.807) is 33.3 Å². The van der Waals surface area contributed by atoms with Gasteiger partial charge in [-0.3, -0.25) is 0 Å². The Morgan fingerprint density at radius 1 is 1.22 bits per heavy atom. The van der Waals surface area contributed by atoms with Crippen molar-refractivity contribution in [3.8, 4) is 0 Å². The van der Waals surface area contributed by atoms with Gasteiger partial charge in [0.1, 0.15) is 5.60 Å². The fourth-order valence-electron chi connectivity index (χ4n) is 2.57. The Bertz CT molecular complexity index is 762. The normalized spacial score (nSPS) is 13.3. The molecule has 8 heteroatoms. The molecule has 2 rings (SSSR count). The average molecular weight is 383 g/mol. The van der Waals surface area contributed by atoms with E-state index in [2.05, 4.69) is 10.3 Å². The van der Waals surface area contributed by atoms with E-state index in [0.717, 1.165) is 17.8 Å². The molecule has 1 atom stereocenters. The largest absolute Gasteiger partial charge is 0.444 e. The number of nitrogens with one attached hydrogen (secondary N) is 1. The number of alkyl carbamates (subject to hydrolysis) is 1. The number of ether oxygens (including phenoxy) is 1. The Labute approximate surface area is 156 Å². The van der Waals surface area contributed by atoms with Crippen LogP contribution in [-0.2, 0) is 23.9 Å². The number of alkyl halides is 3. The highest BCUT2D eigenvalue weighted by atomic mass is 19.4. The topological polar surface area (TPSA) is 56.2 Å². The number of rotatable bonds is 5. The maximum Gasteiger partial charge on any atom is 0.416 e. The van der Waals surface area contributed by atoms with Crippen molar-refractivity contribution in [1.29, 1.82) is 0 Å². The number of carbonyl (C=O) groups is 1. The molecule has 27 heavy (non-hydrogen) atoms. The summed E-state index contributed by atoms with van der Waals surface area (Å²) in [5.41, 5.74) is 0.252. The number of aryl methyl sites for hydroxylation is 1. The Balaban J connectivity index is 2.13. The molecule has 1 heterocycles. The lowest BCUT2D eigenvalue weighted by molar-refractivity contribution is -0.137. The van der Waals surface area contributed by atoms with Gasteiger partial charge in [-0.1, -0.05) is 12.1 Å². The van der Waals surface area contributed by atoms with E-state index in [1.807, 2.05) is 11.5 Å². The summed E-state index contributed by atoms with van der Waals surface area (Å²) in [6.45, 7) is 7.59. The van der Waals surface area contributed by atoms with Crippen LogP contribution in [0.15, 0.2) is 36.8 Å². The molecule has 0 radical (unpaired) electrons. The first kappa shape index (κ1) is 20.8. The SMILES string of the molecule is Cc1cncn1C[C@H](Cc1ccc(C(F)(F)F)cc1)NC(=O)OC(C)(C)C. The van der Waals surface area contributed by atoms with E-state index < -0.39 is 23.4 Å². The standard InChI is InChI=1S/C19H24F3N3O2/c1-13-10-23-12-25(13)11-16(24-17(26)27-18(2,3)4)9-14-5-7-15(8-6-14)19(20,21)22/h5-8,10,12,16H,9,11H2,1-4H3,(H,24,26)/t16-/m0/s1. The Kier molecular flexibility index (Phi) is 6.18. The summed E-state index contributed by atoms with van der Waals surface area (Å²) in [4.78, 5) is 16.2. The summed E-state index contributed by atoms with van der Waals surface area (Å²) >= 11 is 0. The van der Waals surface area contributed by atoms with Crippen LogP contribution < -0.4 is 5.32 Å². The Morgan fingerprint density at radius 2 is 1.85 bits per heavy atom. The minimum Gasteiger partial charge on any atom is -0.444 e. The molecule has 0 spiro atoms. The molecule has 1 N–H and O–H groups in total. The van der Waals surface area contributed by atoms with E-state index >= 15 is 0 Å². The van der Waals surface area contributed by atoms with E-state index in [1.165, 1.54) is 12.1 Å². The first-order valence-corrected chi connectivity index (χ1v) is 8.56. The molecule has 0 unspecified atom stereocenters. The van der Waals surface area contributed by atoms with Crippen LogP contribution in [0.3, 0.4) is 0 Å². The summed E-state index contributed by atoms with van der Waals surface area (Å²) in [5.74, 6) is 0. The number of halogens is 3. The molecule has 0 bridgehead atoms. The van der Waals surface area contributed by atoms with Crippen LogP contribution in [0.1, 0.15) is 37.6 Å². The molecule has 148 valence electrons. The Hall–Kier alpha value is -2.51. The van der Waals surface area contributed by atoms with Gasteiger partial charge >= 0.3 is 12.3 Å². The lowest BCUT2D eigenvalue weighted by atomic mass is 10.0. The van der Waals surface area contributed by atoms with Crippen molar-refractivity contribution in [1.82, 2.24) is 14.9 Å². The fourth-order valence-corrected chi connectivity index (χ4v) is 2.57. The smallest absolute Gasteiger partial charge is 0.416 e. The molecule has 2 aromatic rings. The molecule has 1 aromatic heterocycles. The molecule has 0 saturated heterocycles. The second-order valence-electron chi connectivity index (χ2n) is 7.43. The monoisotopic (exact) mass is 383 g/mol. The molecule has 1 amide bonds. The van der Waals surface area contributed by atoms with Crippen LogP contribution in [-0.4, -0.2) is 27.3 Å². The summed E-state index contributed by atoms with van der Waals surface area (Å²) in [6, 6.07) is 4.57. The van der Waals surface area contributed by atoms with Crippen molar-refractivity contribution in [3.63, 3.8) is 0 Å². The third kappa shape index (κ3) is 6.62. The number of hydrogen-bond donors (Lipinski definition) is 1. The molecule has 5 nitrogen and oxygen atoms in total. The maximum atomic E-state index is 12.7. The van der Waals surface area contributed by atoms with Gasteiger partial charge in [-0.05, 0) is 51.8 Å². The maximum absolute atomic E-state index is 12.7. The van der Waals surface area contributed by atoms with Gasteiger partial charge in [-0.2, -0.15) is 13.2 Å². The van der Waals surface area contributed by atoms with Crippen LogP contribution in [0.25, 0.3) is 0 Å². The highest BCUT2D eigenvalue weighted by Gasteiger charge is 2.30. The molecule has 0 fully saturated rings. The molecular weight excluding hydrogens is 359 g/mol. The summed E-state index contributed by atoms with van der Waals surface area (Å²) in [6.07, 6.45) is -1.25. The number of hydrogen-bond acceptors (Lipinski definition) is 3. The highest BCUT2D eigenvalue weighted by Crippen LogP contribution is 2.29. The van der Waals surface area contributed by atoms with E-state index in [0.29, 0.717) is 18.5 Å². The zero-order valence-electron chi connectivity index (χ0n) is 15.8. The van der Waals surface area contributed by atoms with Gasteiger partial charge in [0, 0.05) is 18.4 Å². The third-order valence-electron chi connectivity index (χ3n) is 3.82. The van der Waals surface area contributed by atoms with Crippen LogP contribution in [0.4, 0.5) is 18.0 Å². The first-order chi connectivity index (χ1) is 12.4. The van der Waals surface area contributed by atoms with Gasteiger partial charge in [0.15, 0.2) is 0 Å². The number of nitrogens with zero attached hydrogens (tertiary/aromatic N) is 2. The minimum atomic E-state index is -4.37. The second-order valence-corrected chi connectivity index (χ2v) is 7.43. The molecule has 0 saturated carbocycles. The van der Waals surface area contributed by atoms with Crippen molar-refractivity contribution in [2.24, 2.45) is 0 Å². The van der Waals surface area contributed by atoms with Crippen molar-refractivity contribution in [2.45, 2.75) is 58.5 Å². The van der Waals surface area contributed by atoms with Crippen molar-refractivity contribution < 1.29 is 22.7 Å². The molecular formula is C19H24F3N3O2. The predicted molar refractivity (Wildman–Crippen MR) is 95.3 cm³/mol. The zero-order valence-corrected chi connectivity index (χ0v) is 15.8. The number of imidazole rings is 1. The van der Waals surface area contributed by atoms with E-state index in [9.17, 15) is 18.0 Å². The van der Waals surface area contributed by atoms with Gasteiger partial charge in [-0.25, -0.2) is 9.78 Å². The fraction of sp³-hybridized carbons (Fsp3) is 0.474. The number of carbonyl (C=O) groups excluding carboxylic acids is 1.